The molecule has 0 aliphatic heterocycles. The maximum atomic E-state index is 14.9. The molecule has 0 fully saturated rings. The predicted molar refractivity (Wildman–Crippen MR) is 130 cm³/mol. The first kappa shape index (κ1) is 23.1. The quantitative estimate of drug-likeness (QED) is 0.274. The van der Waals surface area contributed by atoms with Crippen molar-refractivity contribution in [1.82, 2.24) is 19.7 Å². The van der Waals surface area contributed by atoms with Crippen LogP contribution in [0.25, 0.3) is 11.1 Å². The van der Waals surface area contributed by atoms with Gasteiger partial charge in [0.15, 0.2) is 0 Å². The number of nitrogens with one attached hydrogen (secondary N) is 3. The lowest BCUT2D eigenvalue weighted by atomic mass is 10.1. The topological polar surface area (TPSA) is 96.8 Å². The number of rotatable bonds is 7. The second kappa shape index (κ2) is 9.79. The fourth-order valence-electron chi connectivity index (χ4n) is 3.08. The second-order valence-electron chi connectivity index (χ2n) is 7.10. The molecule has 0 saturated carbocycles. The lowest BCUT2D eigenvalue weighted by molar-refractivity contribution is -0.111. The molecule has 2 aromatic heterocycles. The van der Waals surface area contributed by atoms with E-state index in [4.69, 9.17) is 0 Å². The number of amides is 1. The standard InChI is InChI=1S/C23H18BrF2N7O/c1-3-20(34)29-13-7-8-18(25)19(9-13)31-22-16(15-5-4-6-17(24)21(15)26)11-27-23(32-22)30-14-10-28-33(2)12-14/h3-12H,1H2,2H3,(H,29,34)(H2,27,30,31,32). The van der Waals surface area contributed by atoms with Crippen molar-refractivity contribution in [2.75, 3.05) is 16.0 Å². The summed E-state index contributed by atoms with van der Waals surface area (Å²) in [5.41, 5.74) is 1.50. The summed E-state index contributed by atoms with van der Waals surface area (Å²) in [5, 5.41) is 12.6. The maximum Gasteiger partial charge on any atom is 0.247 e. The van der Waals surface area contributed by atoms with Crippen LogP contribution in [0.15, 0.2) is 72.1 Å². The van der Waals surface area contributed by atoms with Crippen molar-refractivity contribution >= 4 is 50.7 Å². The van der Waals surface area contributed by atoms with Crippen LogP contribution in [0.3, 0.4) is 0 Å². The van der Waals surface area contributed by atoms with Crippen molar-refractivity contribution in [3.05, 3.63) is 83.8 Å². The molecule has 172 valence electrons. The van der Waals surface area contributed by atoms with Crippen molar-refractivity contribution < 1.29 is 13.6 Å². The Labute approximate surface area is 201 Å². The molecule has 0 aliphatic carbocycles. The lowest BCUT2D eigenvalue weighted by Crippen LogP contribution is -2.08. The molecule has 0 atom stereocenters. The summed E-state index contributed by atoms with van der Waals surface area (Å²) in [6, 6.07) is 8.79. The Morgan fingerprint density at radius 1 is 1.12 bits per heavy atom. The van der Waals surface area contributed by atoms with Crippen LogP contribution in [-0.4, -0.2) is 25.7 Å². The van der Waals surface area contributed by atoms with Gasteiger partial charge in [-0.15, -0.1) is 0 Å². The Hall–Kier alpha value is -4.12. The van der Waals surface area contributed by atoms with Crippen molar-refractivity contribution in [1.29, 1.82) is 0 Å². The summed E-state index contributed by atoms with van der Waals surface area (Å²) >= 11 is 3.18. The van der Waals surface area contributed by atoms with Crippen LogP contribution in [0.4, 0.5) is 37.6 Å². The summed E-state index contributed by atoms with van der Waals surface area (Å²) in [7, 11) is 1.76. The monoisotopic (exact) mass is 525 g/mol. The van der Waals surface area contributed by atoms with E-state index >= 15 is 0 Å². The van der Waals surface area contributed by atoms with E-state index in [0.29, 0.717) is 16.9 Å². The number of hydrogen-bond donors (Lipinski definition) is 3. The largest absolute Gasteiger partial charge is 0.337 e. The molecule has 34 heavy (non-hydrogen) atoms. The minimum absolute atomic E-state index is 0.0181. The Morgan fingerprint density at radius 2 is 1.94 bits per heavy atom. The summed E-state index contributed by atoms with van der Waals surface area (Å²) in [6.07, 6.45) is 5.85. The van der Waals surface area contributed by atoms with E-state index in [0.717, 1.165) is 6.08 Å². The van der Waals surface area contributed by atoms with Crippen LogP contribution >= 0.6 is 15.9 Å². The van der Waals surface area contributed by atoms with E-state index in [9.17, 15) is 13.6 Å². The van der Waals surface area contributed by atoms with Gasteiger partial charge in [0.25, 0.3) is 0 Å². The third kappa shape index (κ3) is 5.09. The zero-order valence-corrected chi connectivity index (χ0v) is 19.4. The maximum absolute atomic E-state index is 14.9. The molecule has 0 unspecified atom stereocenters. The van der Waals surface area contributed by atoms with Crippen LogP contribution in [-0.2, 0) is 11.8 Å². The Bertz CT molecular complexity index is 1390. The number of aryl methyl sites for hydroxylation is 1. The molecule has 0 saturated heterocycles. The zero-order valence-electron chi connectivity index (χ0n) is 17.8. The van der Waals surface area contributed by atoms with Crippen molar-refractivity contribution in [2.45, 2.75) is 0 Å². The van der Waals surface area contributed by atoms with Gasteiger partial charge >= 0.3 is 0 Å². The fraction of sp³-hybridized carbons (Fsp3) is 0.0435. The molecule has 11 heteroatoms. The minimum atomic E-state index is -0.599. The SMILES string of the molecule is C=CC(=O)Nc1ccc(F)c(Nc2nc(Nc3cnn(C)c3)ncc2-c2cccc(Br)c2F)c1. The summed E-state index contributed by atoms with van der Waals surface area (Å²) in [5.74, 6) is -1.23. The highest BCUT2D eigenvalue weighted by Crippen LogP contribution is 2.35. The first-order valence-electron chi connectivity index (χ1n) is 9.91. The number of hydrogen-bond acceptors (Lipinski definition) is 6. The summed E-state index contributed by atoms with van der Waals surface area (Å²) in [6.45, 7) is 3.40. The first-order valence-corrected chi connectivity index (χ1v) is 10.7. The van der Waals surface area contributed by atoms with Gasteiger partial charge in [0.05, 0.1) is 22.0 Å². The number of nitrogens with zero attached hydrogens (tertiary/aromatic N) is 4. The smallest absolute Gasteiger partial charge is 0.247 e. The highest BCUT2D eigenvalue weighted by atomic mass is 79.9. The summed E-state index contributed by atoms with van der Waals surface area (Å²) in [4.78, 5) is 20.4. The summed E-state index contributed by atoms with van der Waals surface area (Å²) < 4.78 is 31.4. The van der Waals surface area contributed by atoms with E-state index < -0.39 is 17.5 Å². The normalized spacial score (nSPS) is 10.6. The zero-order chi connectivity index (χ0) is 24.2. The van der Waals surface area contributed by atoms with Gasteiger partial charge < -0.3 is 16.0 Å². The fourth-order valence-corrected chi connectivity index (χ4v) is 3.45. The minimum Gasteiger partial charge on any atom is -0.337 e. The van der Waals surface area contributed by atoms with Crippen LogP contribution in [0.5, 0.6) is 0 Å². The molecular weight excluding hydrogens is 508 g/mol. The van der Waals surface area contributed by atoms with Gasteiger partial charge in [-0.1, -0.05) is 18.7 Å². The second-order valence-corrected chi connectivity index (χ2v) is 7.95. The lowest BCUT2D eigenvalue weighted by Gasteiger charge is -2.15. The van der Waals surface area contributed by atoms with Gasteiger partial charge in [0, 0.05) is 36.3 Å². The van der Waals surface area contributed by atoms with Crippen LogP contribution in [0.1, 0.15) is 0 Å². The third-order valence-electron chi connectivity index (χ3n) is 4.66. The molecule has 0 radical (unpaired) electrons. The highest BCUT2D eigenvalue weighted by molar-refractivity contribution is 9.10. The number of benzene rings is 2. The average Bonchev–Trinajstić information content (AvgIpc) is 3.22. The molecule has 4 aromatic rings. The van der Waals surface area contributed by atoms with E-state index in [1.54, 1.807) is 42.3 Å². The molecule has 2 aromatic carbocycles. The molecule has 2 heterocycles. The molecule has 0 bridgehead atoms. The number of carbonyl (C=O) groups excluding carboxylic acids is 1. The van der Waals surface area contributed by atoms with E-state index in [2.05, 4.69) is 53.5 Å². The molecule has 4 rings (SSSR count). The Balaban J connectivity index is 1.77. The van der Waals surface area contributed by atoms with E-state index in [1.807, 2.05) is 0 Å². The van der Waals surface area contributed by atoms with Crippen molar-refractivity contribution in [3.8, 4) is 11.1 Å². The van der Waals surface area contributed by atoms with Crippen LogP contribution in [0.2, 0.25) is 0 Å². The van der Waals surface area contributed by atoms with Gasteiger partial charge in [-0.25, -0.2) is 13.8 Å². The third-order valence-corrected chi connectivity index (χ3v) is 5.28. The molecule has 1 amide bonds. The molecule has 0 spiro atoms. The molecule has 8 nitrogen and oxygen atoms in total. The molecule has 0 aliphatic rings. The van der Waals surface area contributed by atoms with Gasteiger partial charge in [-0.2, -0.15) is 10.1 Å². The average molecular weight is 526 g/mol. The molecule has 3 N–H and O–H groups in total. The van der Waals surface area contributed by atoms with Gasteiger partial charge in [-0.05, 0) is 46.3 Å². The van der Waals surface area contributed by atoms with Gasteiger partial charge in [0.1, 0.15) is 17.5 Å². The van der Waals surface area contributed by atoms with E-state index in [1.165, 1.54) is 24.4 Å². The number of carbonyl (C=O) groups is 1. The van der Waals surface area contributed by atoms with Crippen molar-refractivity contribution in [3.63, 3.8) is 0 Å². The predicted octanol–water partition coefficient (Wildman–Crippen LogP) is 5.53. The van der Waals surface area contributed by atoms with Crippen molar-refractivity contribution in [2.24, 2.45) is 7.05 Å². The number of anilines is 5. The highest BCUT2D eigenvalue weighted by Gasteiger charge is 2.17. The Kier molecular flexibility index (Phi) is 6.64. The van der Waals surface area contributed by atoms with E-state index in [-0.39, 0.29) is 27.5 Å². The number of halogens is 3. The van der Waals surface area contributed by atoms with Crippen LogP contribution < -0.4 is 16.0 Å². The number of aromatic nitrogens is 4. The van der Waals surface area contributed by atoms with Gasteiger partial charge in [0.2, 0.25) is 11.9 Å². The first-order chi connectivity index (χ1) is 16.3. The molecular formula is C23H18BrF2N7O. The Morgan fingerprint density at radius 3 is 2.68 bits per heavy atom. The van der Waals surface area contributed by atoms with Crippen LogP contribution in [0, 0.1) is 11.6 Å². The van der Waals surface area contributed by atoms with Gasteiger partial charge in [-0.3, -0.25) is 9.48 Å².